The average Bonchev–Trinajstić information content (AvgIpc) is 3.16. The van der Waals surface area contributed by atoms with Gasteiger partial charge in [0.1, 0.15) is 5.75 Å². The van der Waals surface area contributed by atoms with Crippen molar-refractivity contribution in [2.24, 2.45) is 5.10 Å². The fraction of sp³-hybridized carbons (Fsp3) is 0.0500. The minimum atomic E-state index is -1.01. The van der Waals surface area contributed by atoms with E-state index >= 15 is 0 Å². The summed E-state index contributed by atoms with van der Waals surface area (Å²) in [6, 6.07) is 14.7. The topological polar surface area (TPSA) is 92.9 Å². The minimum Gasteiger partial charge on any atom is -0.482 e. The summed E-state index contributed by atoms with van der Waals surface area (Å²) in [5, 5.41) is 13.8. The van der Waals surface area contributed by atoms with Gasteiger partial charge in [0.15, 0.2) is 6.61 Å². The quantitative estimate of drug-likeness (QED) is 0.436. The zero-order valence-corrected chi connectivity index (χ0v) is 16.4. The highest BCUT2D eigenvalue weighted by Crippen LogP contribution is 2.27. The van der Waals surface area contributed by atoms with E-state index in [1.165, 1.54) is 18.3 Å². The number of nitrogens with zero attached hydrogens (tertiary/aromatic N) is 2. The Morgan fingerprint density at radius 2 is 1.97 bits per heavy atom. The van der Waals surface area contributed by atoms with E-state index in [1.54, 1.807) is 53.2 Å². The molecule has 0 bridgehead atoms. The van der Waals surface area contributed by atoms with Gasteiger partial charge in [-0.1, -0.05) is 29.3 Å². The Bertz CT molecular complexity index is 1080. The molecule has 29 heavy (non-hydrogen) atoms. The van der Waals surface area contributed by atoms with Crippen molar-refractivity contribution in [3.63, 3.8) is 0 Å². The molecule has 0 atom stereocenters. The second-order valence-electron chi connectivity index (χ2n) is 5.82. The van der Waals surface area contributed by atoms with Gasteiger partial charge < -0.3 is 14.4 Å². The fourth-order valence-corrected chi connectivity index (χ4v) is 2.92. The summed E-state index contributed by atoms with van der Waals surface area (Å²) in [4.78, 5) is 23.1. The van der Waals surface area contributed by atoms with Gasteiger partial charge in [0.25, 0.3) is 5.91 Å². The van der Waals surface area contributed by atoms with Crippen LogP contribution in [0.15, 0.2) is 65.9 Å². The molecule has 0 saturated carbocycles. The maximum atomic E-state index is 11.9. The maximum Gasteiger partial charge on any atom is 0.335 e. The third-order valence-corrected chi connectivity index (χ3v) is 4.32. The summed E-state index contributed by atoms with van der Waals surface area (Å²) >= 11 is 11.8. The molecule has 0 saturated heterocycles. The molecule has 7 nitrogen and oxygen atoms in total. The molecule has 148 valence electrons. The molecule has 3 rings (SSSR count). The summed E-state index contributed by atoms with van der Waals surface area (Å²) in [5.74, 6) is -1.15. The monoisotopic (exact) mass is 431 g/mol. The van der Waals surface area contributed by atoms with E-state index in [-0.39, 0.29) is 12.2 Å². The first-order valence-electron chi connectivity index (χ1n) is 8.35. The van der Waals surface area contributed by atoms with Crippen molar-refractivity contribution >= 4 is 41.3 Å². The van der Waals surface area contributed by atoms with E-state index in [1.807, 2.05) is 0 Å². The van der Waals surface area contributed by atoms with Gasteiger partial charge in [-0.25, -0.2) is 10.2 Å². The molecule has 0 spiro atoms. The van der Waals surface area contributed by atoms with E-state index in [0.717, 1.165) is 0 Å². The van der Waals surface area contributed by atoms with E-state index < -0.39 is 11.9 Å². The van der Waals surface area contributed by atoms with Gasteiger partial charge in [0, 0.05) is 16.9 Å². The van der Waals surface area contributed by atoms with E-state index in [2.05, 4.69) is 10.5 Å². The number of carbonyl (C=O) groups is 2. The first-order valence-corrected chi connectivity index (χ1v) is 9.10. The predicted molar refractivity (Wildman–Crippen MR) is 110 cm³/mol. The molecule has 1 amide bonds. The average molecular weight is 432 g/mol. The van der Waals surface area contributed by atoms with Gasteiger partial charge >= 0.3 is 5.97 Å². The Morgan fingerprint density at radius 3 is 2.72 bits per heavy atom. The number of carboxylic acids is 1. The number of amides is 1. The normalized spacial score (nSPS) is 10.8. The summed E-state index contributed by atoms with van der Waals surface area (Å²) in [5.41, 5.74) is 3.83. The number of rotatable bonds is 7. The molecule has 0 aliphatic rings. The van der Waals surface area contributed by atoms with Crippen molar-refractivity contribution in [2.45, 2.75) is 0 Å². The molecule has 1 aromatic heterocycles. The van der Waals surface area contributed by atoms with Gasteiger partial charge in [-0.15, -0.1) is 0 Å². The van der Waals surface area contributed by atoms with Crippen LogP contribution in [0.2, 0.25) is 10.0 Å². The SMILES string of the molecule is O=C(COc1ccc(Cl)cc1Cl)N/N=C/c1cccn1-c1cccc(C(=O)O)c1. The van der Waals surface area contributed by atoms with Crippen LogP contribution in [-0.2, 0) is 4.79 Å². The lowest BCUT2D eigenvalue weighted by Crippen LogP contribution is -2.24. The smallest absolute Gasteiger partial charge is 0.335 e. The zero-order valence-electron chi connectivity index (χ0n) is 14.9. The van der Waals surface area contributed by atoms with Crippen molar-refractivity contribution in [3.8, 4) is 11.4 Å². The molecule has 0 radical (unpaired) electrons. The number of aromatic carboxylic acids is 1. The molecule has 0 unspecified atom stereocenters. The Morgan fingerprint density at radius 1 is 1.14 bits per heavy atom. The van der Waals surface area contributed by atoms with Crippen molar-refractivity contribution in [3.05, 3.63) is 82.1 Å². The first-order chi connectivity index (χ1) is 13.9. The standard InChI is InChI=1S/C20H15Cl2N3O4/c21-14-6-7-18(17(22)10-14)29-12-19(26)24-23-11-16-5-2-8-25(16)15-4-1-3-13(9-15)20(27)28/h1-11H,12H2,(H,24,26)(H,27,28)/b23-11+. The van der Waals surface area contributed by atoms with Crippen LogP contribution in [0.5, 0.6) is 5.75 Å². The Kier molecular flexibility index (Phi) is 6.54. The lowest BCUT2D eigenvalue weighted by atomic mass is 10.2. The van der Waals surface area contributed by atoms with Crippen LogP contribution in [-0.4, -0.2) is 34.4 Å². The van der Waals surface area contributed by atoms with Gasteiger partial charge in [-0.05, 0) is 48.5 Å². The minimum absolute atomic E-state index is 0.172. The molecular formula is C20H15Cl2N3O4. The fourth-order valence-electron chi connectivity index (χ4n) is 2.46. The highest BCUT2D eigenvalue weighted by molar-refractivity contribution is 6.35. The first kappa shape index (κ1) is 20.4. The highest BCUT2D eigenvalue weighted by Gasteiger charge is 2.08. The number of hydrogen-bond acceptors (Lipinski definition) is 4. The Hall–Kier alpha value is -3.29. The molecule has 0 aliphatic carbocycles. The van der Waals surface area contributed by atoms with E-state index in [4.69, 9.17) is 33.0 Å². The van der Waals surface area contributed by atoms with E-state index in [0.29, 0.717) is 27.2 Å². The van der Waals surface area contributed by atoms with Crippen LogP contribution in [0.4, 0.5) is 0 Å². The number of hydrogen-bond donors (Lipinski definition) is 2. The summed E-state index contributed by atoms with van der Waals surface area (Å²) in [6.07, 6.45) is 3.20. The lowest BCUT2D eigenvalue weighted by Gasteiger charge is -2.08. The predicted octanol–water partition coefficient (Wildman–Crippen LogP) is 4.01. The van der Waals surface area contributed by atoms with Gasteiger partial charge in [0.2, 0.25) is 0 Å². The van der Waals surface area contributed by atoms with Crippen LogP contribution in [0.3, 0.4) is 0 Å². The second-order valence-corrected chi connectivity index (χ2v) is 6.66. The number of halogens is 2. The van der Waals surface area contributed by atoms with Crippen LogP contribution in [0.1, 0.15) is 16.1 Å². The largest absolute Gasteiger partial charge is 0.482 e. The summed E-state index contributed by atoms with van der Waals surface area (Å²) in [6.45, 7) is -0.277. The molecule has 3 aromatic rings. The Balaban J connectivity index is 1.61. The molecular weight excluding hydrogens is 417 g/mol. The summed E-state index contributed by atoms with van der Waals surface area (Å²) < 4.78 is 7.07. The van der Waals surface area contributed by atoms with Crippen LogP contribution in [0, 0.1) is 0 Å². The highest BCUT2D eigenvalue weighted by atomic mass is 35.5. The van der Waals surface area contributed by atoms with Crippen LogP contribution in [0.25, 0.3) is 5.69 Å². The zero-order chi connectivity index (χ0) is 20.8. The molecule has 0 aliphatic heterocycles. The number of ether oxygens (including phenoxy) is 1. The van der Waals surface area contributed by atoms with Crippen molar-refractivity contribution in [2.75, 3.05) is 6.61 Å². The molecule has 0 fully saturated rings. The van der Waals surface area contributed by atoms with Crippen LogP contribution < -0.4 is 10.2 Å². The van der Waals surface area contributed by atoms with Gasteiger partial charge in [0.05, 0.1) is 22.5 Å². The number of hydrazone groups is 1. The number of carboxylic acid groups (broad SMARTS) is 1. The van der Waals surface area contributed by atoms with Gasteiger partial charge in [-0.3, -0.25) is 4.79 Å². The number of nitrogens with one attached hydrogen (secondary N) is 1. The van der Waals surface area contributed by atoms with Crippen molar-refractivity contribution in [1.82, 2.24) is 9.99 Å². The lowest BCUT2D eigenvalue weighted by molar-refractivity contribution is -0.123. The van der Waals surface area contributed by atoms with Gasteiger partial charge in [-0.2, -0.15) is 5.10 Å². The number of benzene rings is 2. The number of carbonyl (C=O) groups excluding carboxylic acids is 1. The molecule has 2 N–H and O–H groups in total. The van der Waals surface area contributed by atoms with E-state index in [9.17, 15) is 9.59 Å². The third-order valence-electron chi connectivity index (χ3n) is 3.79. The van der Waals surface area contributed by atoms with Crippen LogP contribution >= 0.6 is 23.2 Å². The number of aromatic nitrogens is 1. The molecule has 2 aromatic carbocycles. The second kappa shape index (κ2) is 9.27. The Labute approximate surface area is 176 Å². The third kappa shape index (κ3) is 5.37. The van der Waals surface area contributed by atoms with Crippen molar-refractivity contribution in [1.29, 1.82) is 0 Å². The summed E-state index contributed by atoms with van der Waals surface area (Å²) in [7, 11) is 0. The molecule has 1 heterocycles. The molecule has 9 heteroatoms. The van der Waals surface area contributed by atoms with Crippen molar-refractivity contribution < 1.29 is 19.4 Å². The maximum absolute atomic E-state index is 11.9.